The molecular weight excluding hydrogens is 424 g/mol. The standard InChI is InChI=1S/C28H36N4O2/c1-2-29-26(33)25-14-13-23(19-30-25)22-11-9-21(10-12-22)20-31-17-6-15-28(31)16-18-32(27(28)34)24-7-4-3-5-8-24/h9-14,19,24H,2-8,15-18,20H2,1H3,(H,29,33). The van der Waals surface area contributed by atoms with Crippen molar-refractivity contribution in [2.45, 2.75) is 76.4 Å². The van der Waals surface area contributed by atoms with Gasteiger partial charge >= 0.3 is 0 Å². The van der Waals surface area contributed by atoms with E-state index in [0.717, 1.165) is 50.0 Å². The Bertz CT molecular complexity index is 1010. The summed E-state index contributed by atoms with van der Waals surface area (Å²) >= 11 is 0. The Balaban J connectivity index is 1.26. The average molecular weight is 461 g/mol. The van der Waals surface area contributed by atoms with Crippen molar-refractivity contribution in [3.8, 4) is 11.1 Å². The SMILES string of the molecule is CCNC(=O)c1ccc(-c2ccc(CN3CCCC34CCN(C3CCCCC3)C4=O)cc2)cn1. The third-order valence-electron chi connectivity index (χ3n) is 8.06. The molecule has 1 aromatic heterocycles. The monoisotopic (exact) mass is 460 g/mol. The van der Waals surface area contributed by atoms with Gasteiger partial charge in [-0.1, -0.05) is 49.6 Å². The van der Waals surface area contributed by atoms with Crippen LogP contribution in [0.2, 0.25) is 0 Å². The quantitative estimate of drug-likeness (QED) is 0.694. The second kappa shape index (κ2) is 9.87. The minimum Gasteiger partial charge on any atom is -0.351 e. The number of benzene rings is 1. The molecule has 2 aliphatic heterocycles. The van der Waals surface area contributed by atoms with Crippen LogP contribution in [-0.2, 0) is 11.3 Å². The zero-order valence-electron chi connectivity index (χ0n) is 20.3. The lowest BCUT2D eigenvalue weighted by atomic mass is 9.92. The van der Waals surface area contributed by atoms with E-state index in [-0.39, 0.29) is 11.4 Å². The largest absolute Gasteiger partial charge is 0.351 e. The number of carbonyl (C=O) groups is 2. The first kappa shape index (κ1) is 23.0. The van der Waals surface area contributed by atoms with Gasteiger partial charge in [-0.25, -0.2) is 0 Å². The maximum atomic E-state index is 13.6. The first-order chi connectivity index (χ1) is 16.6. The van der Waals surface area contributed by atoms with E-state index in [2.05, 4.69) is 44.4 Å². The molecule has 6 nitrogen and oxygen atoms in total. The number of amides is 2. The van der Waals surface area contributed by atoms with Gasteiger partial charge in [-0.15, -0.1) is 0 Å². The van der Waals surface area contributed by atoms with Gasteiger partial charge in [0.15, 0.2) is 0 Å². The minimum absolute atomic E-state index is 0.146. The Hall–Kier alpha value is -2.73. The fourth-order valence-electron chi connectivity index (χ4n) is 6.19. The van der Waals surface area contributed by atoms with Gasteiger partial charge in [-0.2, -0.15) is 0 Å². The van der Waals surface area contributed by atoms with E-state index in [1.165, 1.54) is 37.7 Å². The lowest BCUT2D eigenvalue weighted by Gasteiger charge is -2.36. The van der Waals surface area contributed by atoms with Crippen molar-refractivity contribution in [1.29, 1.82) is 0 Å². The predicted octanol–water partition coefficient (Wildman–Crippen LogP) is 4.40. The smallest absolute Gasteiger partial charge is 0.269 e. The van der Waals surface area contributed by atoms with Crippen molar-refractivity contribution < 1.29 is 9.59 Å². The van der Waals surface area contributed by atoms with Crippen molar-refractivity contribution >= 4 is 11.8 Å². The maximum Gasteiger partial charge on any atom is 0.269 e. The number of rotatable bonds is 6. The van der Waals surface area contributed by atoms with Crippen LogP contribution in [0.3, 0.4) is 0 Å². The molecule has 5 rings (SSSR count). The molecule has 2 saturated heterocycles. The third-order valence-corrected chi connectivity index (χ3v) is 8.06. The van der Waals surface area contributed by atoms with Gasteiger partial charge in [0, 0.05) is 37.4 Å². The van der Waals surface area contributed by atoms with Gasteiger partial charge in [0.25, 0.3) is 5.91 Å². The molecule has 3 fully saturated rings. The van der Waals surface area contributed by atoms with Crippen LogP contribution in [-0.4, -0.2) is 57.8 Å². The lowest BCUT2D eigenvalue weighted by Crippen LogP contribution is -2.51. The van der Waals surface area contributed by atoms with E-state index in [1.807, 2.05) is 13.0 Å². The highest BCUT2D eigenvalue weighted by atomic mass is 16.2. The van der Waals surface area contributed by atoms with E-state index in [4.69, 9.17) is 0 Å². The van der Waals surface area contributed by atoms with Crippen LogP contribution in [0.25, 0.3) is 11.1 Å². The fourth-order valence-corrected chi connectivity index (χ4v) is 6.19. The second-order valence-corrected chi connectivity index (χ2v) is 10.1. The number of pyridine rings is 1. The number of nitrogens with zero attached hydrogens (tertiary/aromatic N) is 3. The Morgan fingerprint density at radius 1 is 1.00 bits per heavy atom. The summed E-state index contributed by atoms with van der Waals surface area (Å²) in [5, 5.41) is 2.77. The van der Waals surface area contributed by atoms with E-state index >= 15 is 0 Å². The van der Waals surface area contributed by atoms with Crippen LogP contribution in [0.15, 0.2) is 42.6 Å². The van der Waals surface area contributed by atoms with Gasteiger partial charge in [0.2, 0.25) is 5.91 Å². The van der Waals surface area contributed by atoms with E-state index in [1.54, 1.807) is 12.3 Å². The summed E-state index contributed by atoms with van der Waals surface area (Å²) in [6.45, 7) is 5.23. The van der Waals surface area contributed by atoms with Crippen LogP contribution < -0.4 is 5.32 Å². The molecule has 1 spiro atoms. The molecule has 1 aliphatic carbocycles. The van der Waals surface area contributed by atoms with Crippen LogP contribution in [0.5, 0.6) is 0 Å². The average Bonchev–Trinajstić information content (AvgIpc) is 3.44. The summed E-state index contributed by atoms with van der Waals surface area (Å²) < 4.78 is 0. The summed E-state index contributed by atoms with van der Waals surface area (Å²) in [7, 11) is 0. The van der Waals surface area contributed by atoms with Crippen LogP contribution in [0.1, 0.15) is 74.3 Å². The molecule has 34 heavy (non-hydrogen) atoms. The summed E-state index contributed by atoms with van der Waals surface area (Å²) in [6.07, 6.45) is 11.0. The molecule has 1 atom stereocenters. The molecule has 3 heterocycles. The van der Waals surface area contributed by atoms with Gasteiger partial charge in [-0.3, -0.25) is 19.5 Å². The molecule has 3 aliphatic rings. The van der Waals surface area contributed by atoms with Crippen LogP contribution >= 0.6 is 0 Å². The third kappa shape index (κ3) is 4.36. The summed E-state index contributed by atoms with van der Waals surface area (Å²) in [6, 6.07) is 12.7. The Labute approximate surface area is 202 Å². The van der Waals surface area contributed by atoms with Gasteiger partial charge in [0.05, 0.1) is 0 Å². The van der Waals surface area contributed by atoms with Crippen LogP contribution in [0.4, 0.5) is 0 Å². The Morgan fingerprint density at radius 3 is 2.47 bits per heavy atom. The molecule has 1 aromatic carbocycles. The first-order valence-corrected chi connectivity index (χ1v) is 13.0. The maximum absolute atomic E-state index is 13.6. The highest BCUT2D eigenvalue weighted by Gasteiger charge is 2.54. The number of nitrogens with one attached hydrogen (secondary N) is 1. The normalized spacial score (nSPS) is 23.7. The van der Waals surface area contributed by atoms with E-state index in [0.29, 0.717) is 24.2 Å². The Morgan fingerprint density at radius 2 is 1.76 bits per heavy atom. The molecule has 0 bridgehead atoms. The summed E-state index contributed by atoms with van der Waals surface area (Å²) in [5.41, 5.74) is 3.46. The second-order valence-electron chi connectivity index (χ2n) is 10.1. The molecule has 1 unspecified atom stereocenters. The highest BCUT2D eigenvalue weighted by molar-refractivity contribution is 5.92. The van der Waals surface area contributed by atoms with Crippen molar-refractivity contribution in [1.82, 2.24) is 20.1 Å². The summed E-state index contributed by atoms with van der Waals surface area (Å²) in [5.74, 6) is 0.249. The number of aromatic nitrogens is 1. The first-order valence-electron chi connectivity index (χ1n) is 13.0. The van der Waals surface area contributed by atoms with Crippen molar-refractivity contribution in [2.24, 2.45) is 0 Å². The molecular formula is C28H36N4O2. The molecule has 180 valence electrons. The predicted molar refractivity (Wildman–Crippen MR) is 133 cm³/mol. The molecule has 2 aromatic rings. The molecule has 2 amide bonds. The topological polar surface area (TPSA) is 65.5 Å². The van der Waals surface area contributed by atoms with Gasteiger partial charge < -0.3 is 10.2 Å². The van der Waals surface area contributed by atoms with Gasteiger partial charge in [0.1, 0.15) is 11.2 Å². The summed E-state index contributed by atoms with van der Waals surface area (Å²) in [4.78, 5) is 34.6. The minimum atomic E-state index is -0.283. The molecule has 1 saturated carbocycles. The zero-order chi connectivity index (χ0) is 23.5. The highest BCUT2D eigenvalue weighted by Crippen LogP contribution is 2.42. The molecule has 0 radical (unpaired) electrons. The number of hydrogen-bond donors (Lipinski definition) is 1. The Kier molecular flexibility index (Phi) is 6.68. The number of hydrogen-bond acceptors (Lipinski definition) is 4. The molecule has 1 N–H and O–H groups in total. The van der Waals surface area contributed by atoms with Crippen LogP contribution in [0, 0.1) is 0 Å². The fraction of sp³-hybridized carbons (Fsp3) is 0.536. The van der Waals surface area contributed by atoms with Crippen molar-refractivity contribution in [2.75, 3.05) is 19.6 Å². The van der Waals surface area contributed by atoms with E-state index in [9.17, 15) is 9.59 Å². The molecule has 6 heteroatoms. The number of carbonyl (C=O) groups excluding carboxylic acids is 2. The number of likely N-dealkylation sites (tertiary alicyclic amines) is 2. The van der Waals surface area contributed by atoms with E-state index < -0.39 is 0 Å². The van der Waals surface area contributed by atoms with Crippen molar-refractivity contribution in [3.05, 3.63) is 53.9 Å². The zero-order valence-corrected chi connectivity index (χ0v) is 20.3. The van der Waals surface area contributed by atoms with Gasteiger partial charge in [-0.05, 0) is 62.8 Å². The van der Waals surface area contributed by atoms with Crippen molar-refractivity contribution in [3.63, 3.8) is 0 Å². The lowest BCUT2D eigenvalue weighted by molar-refractivity contribution is -0.139.